The Morgan fingerprint density at radius 2 is 1.95 bits per heavy atom. The van der Waals surface area contributed by atoms with Gasteiger partial charge in [0.15, 0.2) is 0 Å². The number of carbonyl (C=O) groups is 1. The first-order chi connectivity index (χ1) is 19.2. The van der Waals surface area contributed by atoms with E-state index in [9.17, 15) is 28.0 Å². The second-order valence-electron chi connectivity index (χ2n) is 9.62. The molecule has 1 atom stereocenters. The average Bonchev–Trinajstić information content (AvgIpc) is 3.37. The molecule has 0 bridgehead atoms. The molecular weight excluding hydrogens is 541 g/mol. The zero-order valence-corrected chi connectivity index (χ0v) is 22.1. The first kappa shape index (κ1) is 27.4. The van der Waals surface area contributed by atoms with E-state index in [1.807, 2.05) is 4.90 Å². The quantitative estimate of drug-likeness (QED) is 0.360. The van der Waals surface area contributed by atoms with E-state index in [0.29, 0.717) is 40.4 Å². The molecule has 12 heteroatoms. The standard InChI is InChI=1S/C28H25F3N6O2S/c29-28(30,31)20-9-7-17(8-10-20)13-34-25(38)22-16-40-24-23(22)35-27(36-11-3-6-21(33)15-36)37(26(24)39)14-19-5-2-1-4-18(19)12-32/h1-2,4-5,7-10,16,21H,3,6,11,13-15,33H2,(H,34,38)/t21-/m1/s1. The summed E-state index contributed by atoms with van der Waals surface area (Å²) in [5, 5.41) is 13.8. The maximum atomic E-state index is 13.8. The Kier molecular flexibility index (Phi) is 7.60. The third kappa shape index (κ3) is 5.57. The van der Waals surface area contributed by atoms with Crippen molar-refractivity contribution in [1.29, 1.82) is 5.26 Å². The van der Waals surface area contributed by atoms with E-state index in [1.54, 1.807) is 29.6 Å². The molecule has 1 amide bonds. The van der Waals surface area contributed by atoms with Crippen molar-refractivity contribution in [2.24, 2.45) is 5.73 Å². The second-order valence-corrected chi connectivity index (χ2v) is 10.5. The maximum absolute atomic E-state index is 13.8. The minimum Gasteiger partial charge on any atom is -0.348 e. The molecule has 0 unspecified atom stereocenters. The Balaban J connectivity index is 1.49. The number of hydrogen-bond acceptors (Lipinski definition) is 7. The molecule has 4 aromatic rings. The van der Waals surface area contributed by atoms with Gasteiger partial charge in [-0.25, -0.2) is 4.98 Å². The summed E-state index contributed by atoms with van der Waals surface area (Å²) in [5.41, 5.74) is 7.19. The number of hydrogen-bond donors (Lipinski definition) is 2. The van der Waals surface area contributed by atoms with Crippen LogP contribution in [0.1, 0.15) is 45.5 Å². The lowest BCUT2D eigenvalue weighted by Crippen LogP contribution is -2.45. The molecule has 0 saturated carbocycles. The molecule has 5 rings (SSSR count). The Hall–Kier alpha value is -4.21. The predicted molar refractivity (Wildman–Crippen MR) is 146 cm³/mol. The van der Waals surface area contributed by atoms with Gasteiger partial charge in [-0.05, 0) is 42.2 Å². The highest BCUT2D eigenvalue weighted by atomic mass is 32.1. The van der Waals surface area contributed by atoms with Gasteiger partial charge in [-0.1, -0.05) is 30.3 Å². The number of nitrogens with one attached hydrogen (secondary N) is 1. The molecule has 1 saturated heterocycles. The third-order valence-corrected chi connectivity index (χ3v) is 7.80. The first-order valence-corrected chi connectivity index (χ1v) is 13.5. The zero-order valence-electron chi connectivity index (χ0n) is 21.2. The van der Waals surface area contributed by atoms with Gasteiger partial charge in [-0.2, -0.15) is 18.4 Å². The molecule has 1 aliphatic heterocycles. The van der Waals surface area contributed by atoms with Gasteiger partial charge in [0, 0.05) is 31.1 Å². The SMILES string of the molecule is N#Cc1ccccc1Cn1c(N2CCC[C@@H](N)C2)nc2c(C(=O)NCc3ccc(C(F)(F)F)cc3)csc2c1=O. The molecule has 206 valence electrons. The Morgan fingerprint density at radius 3 is 2.65 bits per heavy atom. The summed E-state index contributed by atoms with van der Waals surface area (Å²) in [6.45, 7) is 1.24. The third-order valence-electron chi connectivity index (χ3n) is 6.84. The number of amides is 1. The van der Waals surface area contributed by atoms with Gasteiger partial charge in [-0.15, -0.1) is 11.3 Å². The number of carbonyl (C=O) groups excluding carboxylic acids is 1. The van der Waals surface area contributed by atoms with Gasteiger partial charge in [-0.3, -0.25) is 14.2 Å². The van der Waals surface area contributed by atoms with E-state index in [-0.39, 0.29) is 35.8 Å². The number of aromatic nitrogens is 2. The highest BCUT2D eigenvalue weighted by molar-refractivity contribution is 7.17. The fraction of sp³-hybridized carbons (Fsp3) is 0.286. The van der Waals surface area contributed by atoms with Crippen molar-refractivity contribution in [1.82, 2.24) is 14.9 Å². The summed E-state index contributed by atoms with van der Waals surface area (Å²) < 4.78 is 40.4. The van der Waals surface area contributed by atoms with Crippen LogP contribution < -0.4 is 21.5 Å². The van der Waals surface area contributed by atoms with Crippen molar-refractivity contribution in [2.75, 3.05) is 18.0 Å². The minimum absolute atomic E-state index is 0.00412. The molecule has 2 aromatic carbocycles. The lowest BCUT2D eigenvalue weighted by atomic mass is 10.1. The van der Waals surface area contributed by atoms with Crippen LogP contribution in [-0.4, -0.2) is 34.6 Å². The van der Waals surface area contributed by atoms with Crippen LogP contribution in [0.2, 0.25) is 0 Å². The van der Waals surface area contributed by atoms with Crippen LogP contribution in [0.4, 0.5) is 19.1 Å². The lowest BCUT2D eigenvalue weighted by molar-refractivity contribution is -0.137. The van der Waals surface area contributed by atoms with Crippen molar-refractivity contribution < 1.29 is 18.0 Å². The minimum atomic E-state index is -4.44. The van der Waals surface area contributed by atoms with Crippen molar-refractivity contribution in [3.8, 4) is 6.07 Å². The number of nitrogens with two attached hydrogens (primary N) is 1. The molecule has 40 heavy (non-hydrogen) atoms. The van der Waals surface area contributed by atoms with Crippen molar-refractivity contribution >= 4 is 33.4 Å². The highest BCUT2D eigenvalue weighted by Crippen LogP contribution is 2.29. The molecule has 0 aliphatic carbocycles. The number of thiophene rings is 1. The zero-order chi connectivity index (χ0) is 28.4. The van der Waals surface area contributed by atoms with Gasteiger partial charge in [0.2, 0.25) is 5.95 Å². The van der Waals surface area contributed by atoms with Crippen LogP contribution in [0.3, 0.4) is 0 Å². The second kappa shape index (κ2) is 11.1. The number of nitriles is 1. The number of rotatable bonds is 6. The molecule has 1 fully saturated rings. The van der Waals surface area contributed by atoms with E-state index in [4.69, 9.17) is 10.7 Å². The number of alkyl halides is 3. The Morgan fingerprint density at radius 1 is 1.20 bits per heavy atom. The molecular formula is C28H25F3N6O2S. The summed E-state index contributed by atoms with van der Waals surface area (Å²) in [6.07, 6.45) is -2.78. The lowest BCUT2D eigenvalue weighted by Gasteiger charge is -2.33. The smallest absolute Gasteiger partial charge is 0.348 e. The summed E-state index contributed by atoms with van der Waals surface area (Å²) in [7, 11) is 0. The summed E-state index contributed by atoms with van der Waals surface area (Å²) in [6, 6.07) is 13.6. The number of fused-ring (bicyclic) bond motifs is 1. The molecule has 8 nitrogen and oxygen atoms in total. The molecule has 2 aromatic heterocycles. The van der Waals surface area contributed by atoms with E-state index in [0.717, 1.165) is 36.3 Å². The number of nitrogens with zero attached hydrogens (tertiary/aromatic N) is 4. The molecule has 3 heterocycles. The Bertz CT molecular complexity index is 1660. The van der Waals surface area contributed by atoms with Crippen molar-refractivity contribution in [3.63, 3.8) is 0 Å². The van der Waals surface area contributed by atoms with Gasteiger partial charge in [0.1, 0.15) is 10.2 Å². The summed E-state index contributed by atoms with van der Waals surface area (Å²) in [4.78, 5) is 33.6. The maximum Gasteiger partial charge on any atom is 0.416 e. The predicted octanol–water partition coefficient (Wildman–Crippen LogP) is 4.25. The van der Waals surface area contributed by atoms with Crippen LogP contribution in [-0.2, 0) is 19.3 Å². The number of benzene rings is 2. The summed E-state index contributed by atoms with van der Waals surface area (Å²) >= 11 is 1.10. The topological polar surface area (TPSA) is 117 Å². The molecule has 3 N–H and O–H groups in total. The molecule has 1 aliphatic rings. The van der Waals surface area contributed by atoms with Crippen LogP contribution in [0.5, 0.6) is 0 Å². The van der Waals surface area contributed by atoms with Crippen LogP contribution in [0.25, 0.3) is 10.2 Å². The number of anilines is 1. The van der Waals surface area contributed by atoms with E-state index in [2.05, 4.69) is 11.4 Å². The van der Waals surface area contributed by atoms with Gasteiger partial charge < -0.3 is 16.0 Å². The van der Waals surface area contributed by atoms with Crippen molar-refractivity contribution in [3.05, 3.63) is 92.1 Å². The number of halogens is 3. The summed E-state index contributed by atoms with van der Waals surface area (Å²) in [5.74, 6) is -0.123. The van der Waals surface area contributed by atoms with Gasteiger partial charge >= 0.3 is 6.18 Å². The van der Waals surface area contributed by atoms with Gasteiger partial charge in [0.25, 0.3) is 11.5 Å². The molecule has 0 radical (unpaired) electrons. The van der Waals surface area contributed by atoms with E-state index in [1.165, 1.54) is 16.7 Å². The Labute approximate surface area is 231 Å². The normalized spacial score (nSPS) is 15.7. The van der Waals surface area contributed by atoms with Crippen LogP contribution >= 0.6 is 11.3 Å². The highest BCUT2D eigenvalue weighted by Gasteiger charge is 2.30. The van der Waals surface area contributed by atoms with E-state index >= 15 is 0 Å². The van der Waals surface area contributed by atoms with Gasteiger partial charge in [0.05, 0.1) is 29.3 Å². The fourth-order valence-corrected chi connectivity index (χ4v) is 5.68. The van der Waals surface area contributed by atoms with Crippen LogP contribution in [0, 0.1) is 11.3 Å². The largest absolute Gasteiger partial charge is 0.416 e. The average molecular weight is 567 g/mol. The number of piperidine rings is 1. The van der Waals surface area contributed by atoms with Crippen molar-refractivity contribution in [2.45, 2.75) is 38.1 Å². The fourth-order valence-electron chi connectivity index (χ4n) is 4.75. The first-order valence-electron chi connectivity index (χ1n) is 12.6. The molecule has 0 spiro atoms. The van der Waals surface area contributed by atoms with Crippen LogP contribution in [0.15, 0.2) is 58.7 Å². The monoisotopic (exact) mass is 566 g/mol. The van der Waals surface area contributed by atoms with E-state index < -0.39 is 17.6 Å².